The quantitative estimate of drug-likeness (QED) is 0.795. The van der Waals surface area contributed by atoms with Crippen LogP contribution in [0.15, 0.2) is 12.3 Å². The molecule has 2 heterocycles. The molecular weight excluding hydrogens is 268 g/mol. The zero-order valence-corrected chi connectivity index (χ0v) is 11.0. The average Bonchev–Trinajstić information content (AvgIpc) is 2.70. The van der Waals surface area contributed by atoms with Crippen LogP contribution >= 0.6 is 0 Å². The number of nitrogens with two attached hydrogens (primary N) is 1. The molecule has 100 valence electrons. The van der Waals surface area contributed by atoms with Gasteiger partial charge < -0.3 is 0 Å². The summed E-state index contributed by atoms with van der Waals surface area (Å²) in [5, 5.41) is 13.2. The van der Waals surface area contributed by atoms with Crippen LogP contribution in [0.4, 0.5) is 5.82 Å². The Hall–Kier alpha value is -1.98. The summed E-state index contributed by atoms with van der Waals surface area (Å²) < 4.78 is 22.6. The Balaban J connectivity index is 2.43. The van der Waals surface area contributed by atoms with Crippen molar-refractivity contribution in [2.75, 3.05) is 11.4 Å². The van der Waals surface area contributed by atoms with Crippen molar-refractivity contribution in [3.05, 3.63) is 23.4 Å². The van der Waals surface area contributed by atoms with E-state index in [0.717, 1.165) is 0 Å². The van der Waals surface area contributed by atoms with Gasteiger partial charge in [-0.3, -0.25) is 9.69 Å². The SMILES string of the molecule is Cc1ccnc(N2CC(S(N)(=O)=O)CC2=O)c1C#N. The zero-order valence-electron chi connectivity index (χ0n) is 10.2. The highest BCUT2D eigenvalue weighted by Crippen LogP contribution is 2.26. The first-order valence-electron chi connectivity index (χ1n) is 5.52. The van der Waals surface area contributed by atoms with E-state index in [1.807, 2.05) is 6.07 Å². The first kappa shape index (κ1) is 13.5. The number of hydrogen-bond donors (Lipinski definition) is 1. The summed E-state index contributed by atoms with van der Waals surface area (Å²) in [7, 11) is -3.78. The molecule has 2 rings (SSSR count). The van der Waals surface area contributed by atoms with Gasteiger partial charge in [0.1, 0.15) is 11.3 Å². The van der Waals surface area contributed by atoms with Crippen molar-refractivity contribution in [1.29, 1.82) is 5.26 Å². The highest BCUT2D eigenvalue weighted by Gasteiger charge is 2.38. The lowest BCUT2D eigenvalue weighted by Crippen LogP contribution is -2.32. The van der Waals surface area contributed by atoms with Crippen molar-refractivity contribution in [2.45, 2.75) is 18.6 Å². The van der Waals surface area contributed by atoms with Gasteiger partial charge in [0, 0.05) is 19.2 Å². The smallest absolute Gasteiger partial charge is 0.229 e. The van der Waals surface area contributed by atoms with E-state index >= 15 is 0 Å². The summed E-state index contributed by atoms with van der Waals surface area (Å²) in [5.74, 6) is -0.202. The van der Waals surface area contributed by atoms with Gasteiger partial charge in [0.2, 0.25) is 15.9 Å². The number of nitrogens with zero attached hydrogens (tertiary/aromatic N) is 3. The molecule has 8 heteroatoms. The fourth-order valence-corrected chi connectivity index (χ4v) is 2.72. The minimum absolute atomic E-state index is 0.0667. The molecule has 0 aromatic carbocycles. The maximum atomic E-state index is 11.9. The highest BCUT2D eigenvalue weighted by atomic mass is 32.2. The normalized spacial score (nSPS) is 19.5. The molecular formula is C11H12N4O3S. The fraction of sp³-hybridized carbons (Fsp3) is 0.364. The molecule has 1 aliphatic heterocycles. The van der Waals surface area contributed by atoms with Crippen molar-refractivity contribution in [3.63, 3.8) is 0 Å². The predicted octanol–water partition coefficient (Wildman–Crippen LogP) is -0.344. The van der Waals surface area contributed by atoms with Crippen molar-refractivity contribution < 1.29 is 13.2 Å². The van der Waals surface area contributed by atoms with Crippen LogP contribution in [0, 0.1) is 18.3 Å². The van der Waals surface area contributed by atoms with Crippen molar-refractivity contribution in [2.24, 2.45) is 5.14 Å². The Morgan fingerprint density at radius 2 is 2.26 bits per heavy atom. The summed E-state index contributed by atoms with van der Waals surface area (Å²) in [6.45, 7) is 1.66. The minimum atomic E-state index is -3.78. The molecule has 0 bridgehead atoms. The summed E-state index contributed by atoms with van der Waals surface area (Å²) in [6.07, 6.45) is 1.29. The Morgan fingerprint density at radius 3 is 2.79 bits per heavy atom. The molecule has 1 unspecified atom stereocenters. The Bertz CT molecular complexity index is 678. The topological polar surface area (TPSA) is 117 Å². The molecule has 19 heavy (non-hydrogen) atoms. The van der Waals surface area contributed by atoms with Gasteiger partial charge in [0.15, 0.2) is 5.82 Å². The molecule has 1 amide bonds. The molecule has 7 nitrogen and oxygen atoms in total. The van der Waals surface area contributed by atoms with Gasteiger partial charge in [-0.25, -0.2) is 18.5 Å². The number of carbonyl (C=O) groups excluding carboxylic acids is 1. The maximum absolute atomic E-state index is 11.9. The number of pyridine rings is 1. The number of carbonyl (C=O) groups is 1. The number of hydrogen-bond acceptors (Lipinski definition) is 5. The van der Waals surface area contributed by atoms with Crippen LogP contribution in [0.3, 0.4) is 0 Å². The minimum Gasteiger partial charge on any atom is -0.294 e. The number of anilines is 1. The van der Waals surface area contributed by atoms with Gasteiger partial charge in [0.05, 0.1) is 5.56 Å². The molecule has 0 radical (unpaired) electrons. The number of aryl methyl sites for hydroxylation is 1. The van der Waals surface area contributed by atoms with Crippen LogP contribution in [0.5, 0.6) is 0 Å². The molecule has 1 aromatic heterocycles. The molecule has 1 aliphatic rings. The zero-order chi connectivity index (χ0) is 14.2. The van der Waals surface area contributed by atoms with Crippen LogP contribution in [0.25, 0.3) is 0 Å². The third-order valence-electron chi connectivity index (χ3n) is 3.06. The van der Waals surface area contributed by atoms with Crippen LogP contribution in [-0.2, 0) is 14.8 Å². The fourth-order valence-electron chi connectivity index (χ4n) is 1.99. The van der Waals surface area contributed by atoms with Gasteiger partial charge >= 0.3 is 0 Å². The number of sulfonamides is 1. The van der Waals surface area contributed by atoms with E-state index in [-0.39, 0.29) is 24.3 Å². The second-order valence-electron chi connectivity index (χ2n) is 4.36. The summed E-state index contributed by atoms with van der Waals surface area (Å²) in [6, 6.07) is 3.63. The van der Waals surface area contributed by atoms with E-state index in [9.17, 15) is 13.2 Å². The largest absolute Gasteiger partial charge is 0.294 e. The van der Waals surface area contributed by atoms with Crippen molar-refractivity contribution in [1.82, 2.24) is 4.98 Å². The van der Waals surface area contributed by atoms with Crippen molar-refractivity contribution in [3.8, 4) is 6.07 Å². The Kier molecular flexibility index (Phi) is 3.26. The molecule has 2 N–H and O–H groups in total. The Morgan fingerprint density at radius 1 is 1.58 bits per heavy atom. The number of amides is 1. The van der Waals surface area contributed by atoms with E-state index in [4.69, 9.17) is 10.4 Å². The van der Waals surface area contributed by atoms with Crippen LogP contribution in [0.2, 0.25) is 0 Å². The summed E-state index contributed by atoms with van der Waals surface area (Å²) in [5.41, 5.74) is 0.949. The summed E-state index contributed by atoms with van der Waals surface area (Å²) in [4.78, 5) is 17.1. The van der Waals surface area contributed by atoms with Crippen molar-refractivity contribution >= 4 is 21.7 Å². The predicted molar refractivity (Wildman–Crippen MR) is 67.6 cm³/mol. The summed E-state index contributed by atoms with van der Waals surface area (Å²) >= 11 is 0. The van der Waals surface area contributed by atoms with E-state index in [1.165, 1.54) is 11.1 Å². The third-order valence-corrected chi connectivity index (χ3v) is 4.31. The van der Waals surface area contributed by atoms with Gasteiger partial charge in [-0.1, -0.05) is 0 Å². The van der Waals surface area contributed by atoms with Crippen LogP contribution in [-0.4, -0.2) is 31.1 Å². The molecule has 1 fully saturated rings. The second-order valence-corrected chi connectivity index (χ2v) is 6.20. The number of rotatable bonds is 2. The molecule has 1 saturated heterocycles. The van der Waals surface area contributed by atoms with Gasteiger partial charge in [-0.05, 0) is 18.6 Å². The average molecular weight is 280 g/mol. The monoisotopic (exact) mass is 280 g/mol. The first-order chi connectivity index (χ1) is 8.84. The second kappa shape index (κ2) is 4.60. The number of aromatic nitrogens is 1. The standard InChI is InChI=1S/C11H12N4O3S/c1-7-2-3-14-11(9(7)5-12)15-6-8(4-10(15)16)19(13,17)18/h2-3,8H,4,6H2,1H3,(H2,13,17,18). The van der Waals surface area contributed by atoms with Gasteiger partial charge in [0.25, 0.3) is 0 Å². The van der Waals surface area contributed by atoms with Gasteiger partial charge in [-0.2, -0.15) is 5.26 Å². The molecule has 0 aliphatic carbocycles. The van der Waals surface area contributed by atoms with Gasteiger partial charge in [-0.15, -0.1) is 0 Å². The highest BCUT2D eigenvalue weighted by molar-refractivity contribution is 7.89. The Labute approximate surface area is 110 Å². The lowest BCUT2D eigenvalue weighted by Gasteiger charge is -2.17. The lowest BCUT2D eigenvalue weighted by molar-refractivity contribution is -0.117. The molecule has 0 spiro atoms. The molecule has 1 atom stereocenters. The van der Waals surface area contributed by atoms with E-state index < -0.39 is 21.2 Å². The van der Waals surface area contributed by atoms with Crippen LogP contribution in [0.1, 0.15) is 17.5 Å². The van der Waals surface area contributed by atoms with E-state index in [2.05, 4.69) is 4.98 Å². The third kappa shape index (κ3) is 2.43. The maximum Gasteiger partial charge on any atom is 0.229 e. The number of primary sulfonamides is 1. The number of nitriles is 1. The lowest BCUT2D eigenvalue weighted by atomic mass is 10.1. The van der Waals surface area contributed by atoms with E-state index in [1.54, 1.807) is 13.0 Å². The molecule has 1 aromatic rings. The molecule has 0 saturated carbocycles. The first-order valence-corrected chi connectivity index (χ1v) is 7.13. The van der Waals surface area contributed by atoms with Crippen LogP contribution < -0.4 is 10.0 Å². The van der Waals surface area contributed by atoms with E-state index in [0.29, 0.717) is 5.56 Å².